The maximum atomic E-state index is 12.6. The summed E-state index contributed by atoms with van der Waals surface area (Å²) < 4.78 is 45.2. The smallest absolute Gasteiger partial charge is 0.378 e. The highest BCUT2D eigenvalue weighted by Crippen LogP contribution is 2.27. The lowest BCUT2D eigenvalue weighted by Gasteiger charge is -2.29. The Morgan fingerprint density at radius 3 is 2.50 bits per heavy atom. The van der Waals surface area contributed by atoms with E-state index in [2.05, 4.69) is 20.2 Å². The third-order valence-corrected chi connectivity index (χ3v) is 5.70. The number of imidazole rings is 1. The SMILES string of the molecule is Cc1nc(SCc2cc(N3CCOCC3)cc(NCC(F)(F)F)n2)n(C)c1C. The summed E-state index contributed by atoms with van der Waals surface area (Å²) in [5.41, 5.74) is 3.61. The predicted molar refractivity (Wildman–Crippen MR) is 104 cm³/mol. The van der Waals surface area contributed by atoms with Crippen molar-refractivity contribution in [3.8, 4) is 0 Å². The summed E-state index contributed by atoms with van der Waals surface area (Å²) in [6.07, 6.45) is -4.30. The molecule has 1 aliphatic heterocycles. The van der Waals surface area contributed by atoms with Gasteiger partial charge in [-0.15, -0.1) is 0 Å². The van der Waals surface area contributed by atoms with Crippen LogP contribution in [-0.4, -0.2) is 53.6 Å². The van der Waals surface area contributed by atoms with Gasteiger partial charge in [0.15, 0.2) is 5.16 Å². The molecule has 0 unspecified atom stereocenters. The summed E-state index contributed by atoms with van der Waals surface area (Å²) in [6, 6.07) is 3.60. The van der Waals surface area contributed by atoms with Crippen LogP contribution in [0.2, 0.25) is 0 Å². The maximum Gasteiger partial charge on any atom is 0.405 e. The second-order valence-corrected chi connectivity index (χ2v) is 7.63. The van der Waals surface area contributed by atoms with Crippen LogP contribution in [0.1, 0.15) is 17.1 Å². The van der Waals surface area contributed by atoms with Crippen molar-refractivity contribution in [2.24, 2.45) is 7.05 Å². The van der Waals surface area contributed by atoms with E-state index in [1.165, 1.54) is 11.8 Å². The lowest BCUT2D eigenvalue weighted by Crippen LogP contribution is -2.36. The van der Waals surface area contributed by atoms with Gasteiger partial charge in [0.1, 0.15) is 12.4 Å². The summed E-state index contributed by atoms with van der Waals surface area (Å²) in [6.45, 7) is 5.45. The Bertz CT molecular complexity index is 818. The van der Waals surface area contributed by atoms with Crippen LogP contribution in [0.5, 0.6) is 0 Å². The van der Waals surface area contributed by atoms with Crippen molar-refractivity contribution in [2.75, 3.05) is 43.1 Å². The Morgan fingerprint density at radius 1 is 1.18 bits per heavy atom. The molecule has 0 aromatic carbocycles. The molecule has 0 saturated carbocycles. The molecule has 0 aliphatic carbocycles. The number of halogens is 3. The molecule has 154 valence electrons. The van der Waals surface area contributed by atoms with Gasteiger partial charge >= 0.3 is 6.18 Å². The maximum absolute atomic E-state index is 12.6. The number of pyridine rings is 1. The number of aryl methyl sites for hydroxylation is 1. The molecular weight excluding hydrogens is 391 g/mol. The Labute approximate surface area is 166 Å². The molecule has 2 aromatic heterocycles. The molecule has 10 heteroatoms. The van der Waals surface area contributed by atoms with Crippen molar-refractivity contribution < 1.29 is 17.9 Å². The molecule has 1 N–H and O–H groups in total. The first kappa shape index (κ1) is 20.8. The van der Waals surface area contributed by atoms with Crippen molar-refractivity contribution in [3.63, 3.8) is 0 Å². The van der Waals surface area contributed by atoms with Crippen LogP contribution in [0.3, 0.4) is 0 Å². The molecule has 6 nitrogen and oxygen atoms in total. The van der Waals surface area contributed by atoms with Crippen molar-refractivity contribution >= 4 is 23.3 Å². The number of nitrogens with one attached hydrogen (secondary N) is 1. The molecule has 1 aliphatic rings. The zero-order chi connectivity index (χ0) is 20.3. The van der Waals surface area contributed by atoms with E-state index in [9.17, 15) is 13.2 Å². The molecule has 1 fully saturated rings. The summed E-state index contributed by atoms with van der Waals surface area (Å²) in [5, 5.41) is 3.26. The van der Waals surface area contributed by atoms with Gasteiger partial charge in [-0.1, -0.05) is 11.8 Å². The minimum Gasteiger partial charge on any atom is -0.378 e. The molecule has 3 rings (SSSR count). The Morgan fingerprint density at radius 2 is 1.89 bits per heavy atom. The van der Waals surface area contributed by atoms with Gasteiger partial charge in [0.25, 0.3) is 0 Å². The van der Waals surface area contributed by atoms with Crippen molar-refractivity contribution in [2.45, 2.75) is 30.9 Å². The zero-order valence-electron chi connectivity index (χ0n) is 16.1. The van der Waals surface area contributed by atoms with E-state index >= 15 is 0 Å². The number of rotatable bonds is 6. The summed E-state index contributed by atoms with van der Waals surface area (Å²) in [4.78, 5) is 11.0. The standard InChI is InChI=1S/C18H24F3N5OS/c1-12-13(2)25(3)17(23-12)28-10-14-8-15(26-4-6-27-7-5-26)9-16(24-14)22-11-18(19,20)21/h8-9H,4-7,10-11H2,1-3H3,(H,22,24). The summed E-state index contributed by atoms with van der Waals surface area (Å²) in [5.74, 6) is 0.743. The highest BCUT2D eigenvalue weighted by atomic mass is 32.2. The van der Waals surface area contributed by atoms with Gasteiger partial charge < -0.3 is 19.5 Å². The highest BCUT2D eigenvalue weighted by Gasteiger charge is 2.27. The van der Waals surface area contributed by atoms with Gasteiger partial charge in [-0.05, 0) is 19.9 Å². The van der Waals surface area contributed by atoms with Crippen LogP contribution in [0.25, 0.3) is 0 Å². The molecule has 28 heavy (non-hydrogen) atoms. The number of nitrogens with zero attached hydrogens (tertiary/aromatic N) is 4. The topological polar surface area (TPSA) is 55.2 Å². The van der Waals surface area contributed by atoms with Crippen LogP contribution in [0.15, 0.2) is 17.3 Å². The van der Waals surface area contributed by atoms with Crippen molar-refractivity contribution in [3.05, 3.63) is 29.2 Å². The molecule has 2 aromatic rings. The molecule has 0 atom stereocenters. The summed E-state index contributed by atoms with van der Waals surface area (Å²) in [7, 11) is 1.95. The predicted octanol–water partition coefficient (Wildman–Crippen LogP) is 3.54. The Hall–Kier alpha value is -1.94. The largest absolute Gasteiger partial charge is 0.405 e. The quantitative estimate of drug-likeness (QED) is 0.729. The van der Waals surface area contributed by atoms with E-state index in [0.717, 1.165) is 22.2 Å². The average Bonchev–Trinajstić information content (AvgIpc) is 2.91. The number of hydrogen-bond donors (Lipinski definition) is 1. The third-order valence-electron chi connectivity index (χ3n) is 4.64. The van der Waals surface area contributed by atoms with Crippen LogP contribution < -0.4 is 10.2 Å². The van der Waals surface area contributed by atoms with Gasteiger partial charge in [0.05, 0.1) is 24.6 Å². The number of hydrogen-bond acceptors (Lipinski definition) is 6. The van der Waals surface area contributed by atoms with E-state index in [1.54, 1.807) is 6.07 Å². The van der Waals surface area contributed by atoms with E-state index in [1.807, 2.05) is 31.5 Å². The number of thioether (sulfide) groups is 1. The first-order valence-electron chi connectivity index (χ1n) is 9.00. The lowest BCUT2D eigenvalue weighted by molar-refractivity contribution is -0.115. The Kier molecular flexibility index (Phi) is 6.39. The van der Waals surface area contributed by atoms with Crippen LogP contribution in [0, 0.1) is 13.8 Å². The van der Waals surface area contributed by atoms with E-state index in [4.69, 9.17) is 4.74 Å². The van der Waals surface area contributed by atoms with Crippen LogP contribution in [0.4, 0.5) is 24.7 Å². The monoisotopic (exact) mass is 415 g/mol. The normalized spacial score (nSPS) is 15.1. The molecule has 0 amide bonds. The molecular formula is C18H24F3N5OS. The fraction of sp³-hybridized carbons (Fsp3) is 0.556. The summed E-state index contributed by atoms with van der Waals surface area (Å²) >= 11 is 1.52. The van der Waals surface area contributed by atoms with E-state index in [0.29, 0.717) is 37.8 Å². The second-order valence-electron chi connectivity index (χ2n) is 6.68. The number of aromatic nitrogens is 3. The van der Waals surface area contributed by atoms with Gasteiger partial charge in [-0.25, -0.2) is 9.97 Å². The minimum absolute atomic E-state index is 0.226. The van der Waals surface area contributed by atoms with Gasteiger partial charge in [-0.3, -0.25) is 0 Å². The number of morpholine rings is 1. The van der Waals surface area contributed by atoms with E-state index < -0.39 is 12.7 Å². The highest BCUT2D eigenvalue weighted by molar-refractivity contribution is 7.98. The molecule has 0 bridgehead atoms. The van der Waals surface area contributed by atoms with Crippen LogP contribution in [-0.2, 0) is 17.5 Å². The fourth-order valence-corrected chi connectivity index (χ4v) is 3.84. The third kappa shape index (κ3) is 5.32. The first-order valence-corrected chi connectivity index (χ1v) is 9.98. The molecule has 3 heterocycles. The van der Waals surface area contributed by atoms with Crippen LogP contribution >= 0.6 is 11.8 Å². The van der Waals surface area contributed by atoms with Gasteiger partial charge in [0, 0.05) is 43.3 Å². The van der Waals surface area contributed by atoms with E-state index in [-0.39, 0.29) is 5.82 Å². The average molecular weight is 415 g/mol. The second kappa shape index (κ2) is 8.60. The minimum atomic E-state index is -4.30. The zero-order valence-corrected chi connectivity index (χ0v) is 17.0. The van der Waals surface area contributed by atoms with Crippen molar-refractivity contribution in [1.29, 1.82) is 0 Å². The molecule has 0 spiro atoms. The fourth-order valence-electron chi connectivity index (χ4n) is 2.88. The van der Waals surface area contributed by atoms with Gasteiger partial charge in [0.2, 0.25) is 0 Å². The first-order chi connectivity index (χ1) is 13.2. The number of ether oxygens (including phenoxy) is 1. The molecule has 1 saturated heterocycles. The number of anilines is 2. The molecule has 0 radical (unpaired) electrons. The van der Waals surface area contributed by atoms with Gasteiger partial charge in [-0.2, -0.15) is 13.2 Å². The van der Waals surface area contributed by atoms with Crippen molar-refractivity contribution in [1.82, 2.24) is 14.5 Å². The number of alkyl halides is 3. The lowest BCUT2D eigenvalue weighted by atomic mass is 10.2. The Balaban J connectivity index is 1.80.